The van der Waals surface area contributed by atoms with Crippen molar-refractivity contribution in [3.63, 3.8) is 0 Å². The second-order valence-corrected chi connectivity index (χ2v) is 2.66. The number of rotatable bonds is 3. The number of nitro benzene ring substituents is 1. The number of carbonyl (C=O) groups excluding carboxylic acids is 1. The Labute approximate surface area is 84.4 Å². The molecule has 0 fully saturated rings. The van der Waals surface area contributed by atoms with Crippen LogP contribution in [0.2, 0.25) is 0 Å². The summed E-state index contributed by atoms with van der Waals surface area (Å²) < 4.78 is 0. The van der Waals surface area contributed by atoms with E-state index in [1.807, 2.05) is 0 Å². The Morgan fingerprint density at radius 2 is 2.27 bits per heavy atom. The third-order valence-corrected chi connectivity index (χ3v) is 1.48. The molecule has 0 saturated carbocycles. The quantitative estimate of drug-likeness (QED) is 0.443. The number of hydrogen-bond acceptors (Lipinski definition) is 6. The molecule has 0 atom stereocenters. The molecule has 2 N–H and O–H groups in total. The summed E-state index contributed by atoms with van der Waals surface area (Å²) in [5, 5.41) is 19.5. The molecule has 0 aliphatic heterocycles. The van der Waals surface area contributed by atoms with Crippen molar-refractivity contribution < 1.29 is 19.7 Å². The highest BCUT2D eigenvalue weighted by atomic mass is 16.7. The predicted molar refractivity (Wildman–Crippen MR) is 50.1 cm³/mol. The summed E-state index contributed by atoms with van der Waals surface area (Å²) in [5.41, 5.74) is 1.94. The van der Waals surface area contributed by atoms with E-state index in [1.165, 1.54) is 13.0 Å². The molecule has 0 bridgehead atoms. The molecular formula is C8H8N2O5. The molecule has 0 aliphatic rings. The van der Waals surface area contributed by atoms with E-state index in [1.54, 1.807) is 0 Å². The molecule has 15 heavy (non-hydrogen) atoms. The second-order valence-electron chi connectivity index (χ2n) is 2.66. The summed E-state index contributed by atoms with van der Waals surface area (Å²) >= 11 is 0. The Kier molecular flexibility index (Phi) is 3.06. The van der Waals surface area contributed by atoms with Crippen molar-refractivity contribution in [2.24, 2.45) is 0 Å². The van der Waals surface area contributed by atoms with Crippen LogP contribution in [-0.4, -0.2) is 16.0 Å². The van der Waals surface area contributed by atoms with Gasteiger partial charge in [-0.1, -0.05) is 0 Å². The van der Waals surface area contributed by atoms with Crippen LogP contribution in [-0.2, 0) is 9.63 Å². The van der Waals surface area contributed by atoms with E-state index in [-0.39, 0.29) is 5.69 Å². The fraction of sp³-hybridized carbons (Fsp3) is 0.125. The summed E-state index contributed by atoms with van der Waals surface area (Å²) in [6.45, 7) is 1.18. The molecule has 0 amide bonds. The van der Waals surface area contributed by atoms with Gasteiger partial charge in [0, 0.05) is 13.0 Å². The number of nitrogens with one attached hydrogen (secondary N) is 1. The number of hydrogen-bond donors (Lipinski definition) is 2. The van der Waals surface area contributed by atoms with Crippen LogP contribution in [0.1, 0.15) is 6.92 Å². The highest BCUT2D eigenvalue weighted by Crippen LogP contribution is 2.28. The van der Waals surface area contributed by atoms with Crippen molar-refractivity contribution >= 4 is 17.3 Å². The van der Waals surface area contributed by atoms with Gasteiger partial charge in [0.1, 0.15) is 0 Å². The first-order valence-corrected chi connectivity index (χ1v) is 3.91. The maximum atomic E-state index is 10.4. The van der Waals surface area contributed by atoms with E-state index in [2.05, 4.69) is 10.3 Å². The van der Waals surface area contributed by atoms with Crippen molar-refractivity contribution in [1.82, 2.24) is 0 Å². The molecule has 1 rings (SSSR count). The van der Waals surface area contributed by atoms with Gasteiger partial charge in [0.15, 0.2) is 5.75 Å². The van der Waals surface area contributed by atoms with Crippen LogP contribution in [0.25, 0.3) is 0 Å². The van der Waals surface area contributed by atoms with Crippen LogP contribution in [0.15, 0.2) is 18.2 Å². The Morgan fingerprint density at radius 3 is 2.80 bits per heavy atom. The first kappa shape index (κ1) is 10.8. The Balaban J connectivity index is 2.87. The second kappa shape index (κ2) is 4.27. The monoisotopic (exact) mass is 212 g/mol. The Bertz CT molecular complexity index is 404. The fourth-order valence-corrected chi connectivity index (χ4v) is 0.864. The van der Waals surface area contributed by atoms with Crippen LogP contribution >= 0.6 is 0 Å². The fourth-order valence-electron chi connectivity index (χ4n) is 0.864. The van der Waals surface area contributed by atoms with Gasteiger partial charge < -0.3 is 9.94 Å². The number of aromatic hydroxyl groups is 1. The van der Waals surface area contributed by atoms with Gasteiger partial charge in [-0.15, -0.1) is 0 Å². The molecule has 80 valence electrons. The molecule has 0 heterocycles. The molecule has 7 nitrogen and oxygen atoms in total. The summed E-state index contributed by atoms with van der Waals surface area (Å²) in [6.07, 6.45) is 0. The number of carbonyl (C=O) groups is 1. The lowest BCUT2D eigenvalue weighted by Gasteiger charge is -2.04. The van der Waals surface area contributed by atoms with Crippen LogP contribution in [0.5, 0.6) is 5.75 Å². The Hall–Kier alpha value is -2.31. The molecule has 7 heteroatoms. The van der Waals surface area contributed by atoms with Crippen molar-refractivity contribution in [2.75, 3.05) is 5.48 Å². The van der Waals surface area contributed by atoms with Gasteiger partial charge in [0.2, 0.25) is 0 Å². The smallest absolute Gasteiger partial charge is 0.329 e. The average molecular weight is 212 g/mol. The first-order valence-electron chi connectivity index (χ1n) is 3.91. The first-order chi connectivity index (χ1) is 7.00. The van der Waals surface area contributed by atoms with Gasteiger partial charge in [-0.05, 0) is 12.1 Å². The highest BCUT2D eigenvalue weighted by molar-refractivity contribution is 5.67. The van der Waals surface area contributed by atoms with E-state index in [9.17, 15) is 14.9 Å². The van der Waals surface area contributed by atoms with Crippen molar-refractivity contribution in [3.05, 3.63) is 28.3 Å². The van der Waals surface area contributed by atoms with Gasteiger partial charge in [-0.25, -0.2) is 5.48 Å². The predicted octanol–water partition coefficient (Wildman–Crippen LogP) is 1.19. The zero-order chi connectivity index (χ0) is 11.4. The number of phenols is 1. The summed E-state index contributed by atoms with van der Waals surface area (Å²) in [7, 11) is 0. The van der Waals surface area contributed by atoms with Crippen molar-refractivity contribution in [3.8, 4) is 5.75 Å². The summed E-state index contributed by atoms with van der Waals surface area (Å²) in [5.74, 6) is -1.03. The van der Waals surface area contributed by atoms with Gasteiger partial charge in [-0.2, -0.15) is 0 Å². The SMILES string of the molecule is CC(=O)ONc1ccc(O)c([N+](=O)[O-])c1. The lowest BCUT2D eigenvalue weighted by atomic mass is 10.2. The topological polar surface area (TPSA) is 102 Å². The lowest BCUT2D eigenvalue weighted by Crippen LogP contribution is -2.06. The number of phenolic OH excluding ortho intramolecular Hbond substituents is 1. The van der Waals surface area contributed by atoms with Gasteiger partial charge >= 0.3 is 11.7 Å². The summed E-state index contributed by atoms with van der Waals surface area (Å²) in [6, 6.07) is 3.52. The molecular weight excluding hydrogens is 204 g/mol. The van der Waals surface area contributed by atoms with Crippen LogP contribution in [0.3, 0.4) is 0 Å². The van der Waals surface area contributed by atoms with E-state index in [4.69, 9.17) is 5.11 Å². The minimum atomic E-state index is -0.742. The van der Waals surface area contributed by atoms with Crippen molar-refractivity contribution in [2.45, 2.75) is 6.92 Å². The molecule has 0 saturated heterocycles. The molecule has 0 radical (unpaired) electrons. The Morgan fingerprint density at radius 1 is 1.60 bits per heavy atom. The molecule has 0 spiro atoms. The lowest BCUT2D eigenvalue weighted by molar-refractivity contribution is -0.385. The highest BCUT2D eigenvalue weighted by Gasteiger charge is 2.13. The third-order valence-electron chi connectivity index (χ3n) is 1.48. The van der Waals surface area contributed by atoms with Gasteiger partial charge in [0.25, 0.3) is 0 Å². The standard InChI is InChI=1S/C8H8N2O5/c1-5(11)15-9-6-2-3-8(12)7(4-6)10(13)14/h2-4,9,12H,1H3. The molecule has 0 unspecified atom stereocenters. The van der Waals surface area contributed by atoms with E-state index >= 15 is 0 Å². The van der Waals surface area contributed by atoms with Crippen molar-refractivity contribution in [1.29, 1.82) is 0 Å². The third kappa shape index (κ3) is 2.83. The number of anilines is 1. The zero-order valence-corrected chi connectivity index (χ0v) is 7.76. The van der Waals surface area contributed by atoms with E-state index in [0.29, 0.717) is 0 Å². The largest absolute Gasteiger partial charge is 0.502 e. The van der Waals surface area contributed by atoms with Crippen LogP contribution < -0.4 is 5.48 Å². The maximum absolute atomic E-state index is 10.4. The van der Waals surface area contributed by atoms with Crippen LogP contribution in [0, 0.1) is 10.1 Å². The minimum Gasteiger partial charge on any atom is -0.502 e. The molecule has 1 aromatic carbocycles. The number of benzene rings is 1. The van der Waals surface area contributed by atoms with Gasteiger partial charge in [0.05, 0.1) is 10.6 Å². The van der Waals surface area contributed by atoms with Crippen LogP contribution in [0.4, 0.5) is 11.4 Å². The maximum Gasteiger partial charge on any atom is 0.329 e. The average Bonchev–Trinajstić information content (AvgIpc) is 2.16. The summed E-state index contributed by atoms with van der Waals surface area (Å²) in [4.78, 5) is 24.5. The van der Waals surface area contributed by atoms with Gasteiger partial charge in [-0.3, -0.25) is 14.9 Å². The normalized spacial score (nSPS) is 9.40. The zero-order valence-electron chi connectivity index (χ0n) is 7.76. The van der Waals surface area contributed by atoms with E-state index in [0.717, 1.165) is 12.1 Å². The molecule has 1 aromatic rings. The molecule has 0 aliphatic carbocycles. The minimum absolute atomic E-state index is 0.203. The number of nitro groups is 1. The van der Waals surface area contributed by atoms with E-state index < -0.39 is 22.3 Å². The molecule has 0 aromatic heterocycles. The number of nitrogens with zero attached hydrogens (tertiary/aromatic N) is 1.